The van der Waals surface area contributed by atoms with Crippen LogP contribution < -0.4 is 0 Å². The molecule has 3 nitrogen and oxygen atoms in total. The van der Waals surface area contributed by atoms with Gasteiger partial charge in [-0.2, -0.15) is 5.10 Å². The van der Waals surface area contributed by atoms with E-state index in [1.165, 1.54) is 5.56 Å². The fraction of sp³-hybridized carbons (Fsp3) is 0.357. The maximum Gasteiger partial charge on any atom is 0.101 e. The molecule has 1 aromatic carbocycles. The van der Waals surface area contributed by atoms with Gasteiger partial charge in [0, 0.05) is 6.20 Å². The standard InChI is InChI=1S/C14H18N2O/c1-10-4-6-13(7-5-10)14(17)12(3)16-9-8-11(2)15-16/h4-9,12,14,17H,1-3H3. The number of hydrogen-bond donors (Lipinski definition) is 1. The highest BCUT2D eigenvalue weighted by Gasteiger charge is 2.18. The van der Waals surface area contributed by atoms with Crippen LogP contribution in [-0.4, -0.2) is 14.9 Å². The number of nitrogens with zero attached hydrogens (tertiary/aromatic N) is 2. The van der Waals surface area contributed by atoms with E-state index in [4.69, 9.17) is 0 Å². The molecule has 90 valence electrons. The van der Waals surface area contributed by atoms with Crippen LogP contribution >= 0.6 is 0 Å². The average molecular weight is 230 g/mol. The van der Waals surface area contributed by atoms with Gasteiger partial charge in [0.1, 0.15) is 6.10 Å². The third kappa shape index (κ3) is 2.56. The Kier molecular flexibility index (Phi) is 3.29. The maximum absolute atomic E-state index is 10.3. The maximum atomic E-state index is 10.3. The molecule has 1 heterocycles. The number of aliphatic hydroxyl groups is 1. The van der Waals surface area contributed by atoms with Crippen molar-refractivity contribution in [3.8, 4) is 0 Å². The Balaban J connectivity index is 2.19. The normalized spacial score (nSPS) is 14.6. The fourth-order valence-corrected chi connectivity index (χ4v) is 1.85. The van der Waals surface area contributed by atoms with Crippen LogP contribution in [0, 0.1) is 13.8 Å². The quantitative estimate of drug-likeness (QED) is 0.880. The molecule has 1 N–H and O–H groups in total. The lowest BCUT2D eigenvalue weighted by Crippen LogP contribution is -2.15. The molecular weight excluding hydrogens is 212 g/mol. The van der Waals surface area contributed by atoms with Crippen molar-refractivity contribution in [1.82, 2.24) is 9.78 Å². The van der Waals surface area contributed by atoms with Gasteiger partial charge in [0.15, 0.2) is 0 Å². The second-order valence-electron chi connectivity index (χ2n) is 4.53. The van der Waals surface area contributed by atoms with Gasteiger partial charge >= 0.3 is 0 Å². The average Bonchev–Trinajstić information content (AvgIpc) is 2.75. The van der Waals surface area contributed by atoms with Crippen LogP contribution in [0.3, 0.4) is 0 Å². The number of hydrogen-bond acceptors (Lipinski definition) is 2. The van der Waals surface area contributed by atoms with Crippen molar-refractivity contribution in [2.45, 2.75) is 32.9 Å². The van der Waals surface area contributed by atoms with Crippen molar-refractivity contribution in [3.05, 3.63) is 53.3 Å². The van der Waals surface area contributed by atoms with Gasteiger partial charge in [0.05, 0.1) is 11.7 Å². The third-order valence-electron chi connectivity index (χ3n) is 3.03. The fourth-order valence-electron chi connectivity index (χ4n) is 1.85. The zero-order valence-corrected chi connectivity index (χ0v) is 10.5. The van der Waals surface area contributed by atoms with Crippen molar-refractivity contribution < 1.29 is 5.11 Å². The van der Waals surface area contributed by atoms with Gasteiger partial charge in [-0.05, 0) is 32.4 Å². The largest absolute Gasteiger partial charge is 0.386 e. The summed E-state index contributed by atoms with van der Waals surface area (Å²) in [6, 6.07) is 9.84. The molecule has 2 aromatic rings. The summed E-state index contributed by atoms with van der Waals surface area (Å²) in [6.45, 7) is 5.95. The van der Waals surface area contributed by atoms with Crippen LogP contribution in [0.4, 0.5) is 0 Å². The SMILES string of the molecule is Cc1ccc(C(O)C(C)n2ccc(C)n2)cc1. The molecule has 0 amide bonds. The summed E-state index contributed by atoms with van der Waals surface area (Å²) in [5, 5.41) is 14.6. The highest BCUT2D eigenvalue weighted by Crippen LogP contribution is 2.25. The number of aromatic nitrogens is 2. The highest BCUT2D eigenvalue weighted by molar-refractivity contribution is 5.23. The van der Waals surface area contributed by atoms with E-state index in [1.54, 1.807) is 4.68 Å². The summed E-state index contributed by atoms with van der Waals surface area (Å²) >= 11 is 0. The lowest BCUT2D eigenvalue weighted by molar-refractivity contribution is 0.115. The Bertz CT molecular complexity index is 487. The number of aryl methyl sites for hydroxylation is 2. The van der Waals surface area contributed by atoms with Crippen molar-refractivity contribution in [3.63, 3.8) is 0 Å². The van der Waals surface area contributed by atoms with Crippen molar-refractivity contribution >= 4 is 0 Å². The molecular formula is C14H18N2O. The van der Waals surface area contributed by atoms with Crippen LogP contribution in [0.1, 0.15) is 35.9 Å². The number of rotatable bonds is 3. The molecule has 2 rings (SSSR count). The second kappa shape index (κ2) is 4.72. The van der Waals surface area contributed by atoms with Gasteiger partial charge in [-0.15, -0.1) is 0 Å². The summed E-state index contributed by atoms with van der Waals surface area (Å²) in [4.78, 5) is 0. The molecule has 3 heteroatoms. The van der Waals surface area contributed by atoms with Gasteiger partial charge in [-0.3, -0.25) is 4.68 Å². The van der Waals surface area contributed by atoms with Gasteiger partial charge < -0.3 is 5.11 Å². The minimum Gasteiger partial charge on any atom is -0.386 e. The molecule has 0 fully saturated rings. The zero-order chi connectivity index (χ0) is 12.4. The lowest BCUT2D eigenvalue weighted by Gasteiger charge is -2.19. The van der Waals surface area contributed by atoms with Crippen LogP contribution in [0.15, 0.2) is 36.5 Å². The van der Waals surface area contributed by atoms with Crippen LogP contribution in [0.25, 0.3) is 0 Å². The summed E-state index contributed by atoms with van der Waals surface area (Å²) in [7, 11) is 0. The molecule has 1 aromatic heterocycles. The first kappa shape index (κ1) is 11.9. The Hall–Kier alpha value is -1.61. The van der Waals surface area contributed by atoms with E-state index < -0.39 is 6.10 Å². The molecule has 0 aliphatic carbocycles. The molecule has 0 saturated heterocycles. The lowest BCUT2D eigenvalue weighted by atomic mass is 10.0. The minimum atomic E-state index is -0.533. The Morgan fingerprint density at radius 1 is 1.12 bits per heavy atom. The molecule has 0 aliphatic rings. The summed E-state index contributed by atoms with van der Waals surface area (Å²) in [5.41, 5.74) is 3.09. The topological polar surface area (TPSA) is 38.0 Å². The second-order valence-corrected chi connectivity index (χ2v) is 4.53. The van der Waals surface area contributed by atoms with Crippen molar-refractivity contribution in [2.24, 2.45) is 0 Å². The van der Waals surface area contributed by atoms with Crippen LogP contribution in [0.5, 0.6) is 0 Å². The van der Waals surface area contributed by atoms with Gasteiger partial charge in [-0.25, -0.2) is 0 Å². The van der Waals surface area contributed by atoms with Crippen molar-refractivity contribution in [1.29, 1.82) is 0 Å². The first-order valence-electron chi connectivity index (χ1n) is 5.84. The Morgan fingerprint density at radius 2 is 1.76 bits per heavy atom. The van der Waals surface area contributed by atoms with Gasteiger partial charge in [-0.1, -0.05) is 29.8 Å². The van der Waals surface area contributed by atoms with E-state index in [0.29, 0.717) is 0 Å². The van der Waals surface area contributed by atoms with E-state index in [9.17, 15) is 5.11 Å². The van der Waals surface area contributed by atoms with E-state index in [2.05, 4.69) is 5.10 Å². The predicted molar refractivity (Wildman–Crippen MR) is 67.8 cm³/mol. The molecule has 0 radical (unpaired) electrons. The number of benzene rings is 1. The van der Waals surface area contributed by atoms with Gasteiger partial charge in [0.25, 0.3) is 0 Å². The molecule has 0 bridgehead atoms. The molecule has 17 heavy (non-hydrogen) atoms. The summed E-state index contributed by atoms with van der Waals surface area (Å²) in [5.74, 6) is 0. The summed E-state index contributed by atoms with van der Waals surface area (Å²) < 4.78 is 1.81. The highest BCUT2D eigenvalue weighted by atomic mass is 16.3. The van der Waals surface area contributed by atoms with E-state index >= 15 is 0 Å². The molecule has 2 unspecified atom stereocenters. The monoisotopic (exact) mass is 230 g/mol. The Morgan fingerprint density at radius 3 is 2.29 bits per heavy atom. The first-order valence-corrected chi connectivity index (χ1v) is 5.84. The molecule has 0 aliphatic heterocycles. The van der Waals surface area contributed by atoms with Crippen LogP contribution in [-0.2, 0) is 0 Å². The molecule has 0 spiro atoms. The number of aliphatic hydroxyl groups excluding tert-OH is 1. The third-order valence-corrected chi connectivity index (χ3v) is 3.03. The van der Waals surface area contributed by atoms with Gasteiger partial charge in [0.2, 0.25) is 0 Å². The molecule has 0 saturated carbocycles. The van der Waals surface area contributed by atoms with E-state index in [0.717, 1.165) is 11.3 Å². The Labute approximate surface area is 102 Å². The van der Waals surface area contributed by atoms with Crippen LogP contribution in [0.2, 0.25) is 0 Å². The summed E-state index contributed by atoms with van der Waals surface area (Å²) in [6.07, 6.45) is 1.37. The van der Waals surface area contributed by atoms with Crippen molar-refractivity contribution in [2.75, 3.05) is 0 Å². The molecule has 2 atom stereocenters. The predicted octanol–water partition coefficient (Wildman–Crippen LogP) is 2.79. The van der Waals surface area contributed by atoms with E-state index in [-0.39, 0.29) is 6.04 Å². The first-order chi connectivity index (χ1) is 8.08. The van der Waals surface area contributed by atoms with E-state index in [1.807, 2.05) is 57.3 Å². The minimum absolute atomic E-state index is 0.0635. The smallest absolute Gasteiger partial charge is 0.101 e. The zero-order valence-electron chi connectivity index (χ0n) is 10.5.